The molecular formula is C17H22FN5O. The maximum absolute atomic E-state index is 14.0. The number of rotatable bonds is 5. The summed E-state index contributed by atoms with van der Waals surface area (Å²) in [7, 11) is 0. The summed E-state index contributed by atoms with van der Waals surface area (Å²) in [5.41, 5.74) is 7.24. The Labute approximate surface area is 140 Å². The molecule has 3 N–H and O–H groups in total. The molecule has 2 atom stereocenters. The largest absolute Gasteiger partial charge is 0.350 e. The van der Waals surface area contributed by atoms with Crippen molar-refractivity contribution in [1.82, 2.24) is 25.9 Å². The van der Waals surface area contributed by atoms with Crippen LogP contribution in [0.15, 0.2) is 36.5 Å². The Bertz CT molecular complexity index is 715. The molecule has 2 aromatic rings. The second-order valence-corrected chi connectivity index (χ2v) is 6.23. The molecule has 2 unspecified atom stereocenters. The van der Waals surface area contributed by atoms with E-state index in [2.05, 4.69) is 21.3 Å². The third-order valence-electron chi connectivity index (χ3n) is 4.20. The third kappa shape index (κ3) is 3.47. The van der Waals surface area contributed by atoms with Crippen LogP contribution in [-0.2, 0) is 11.3 Å². The van der Waals surface area contributed by atoms with Gasteiger partial charge >= 0.3 is 0 Å². The van der Waals surface area contributed by atoms with Gasteiger partial charge in [-0.2, -0.15) is 5.10 Å². The summed E-state index contributed by atoms with van der Waals surface area (Å²) in [6.07, 6.45) is 1.90. The fourth-order valence-corrected chi connectivity index (χ4v) is 2.83. The van der Waals surface area contributed by atoms with Crippen LogP contribution in [0.25, 0.3) is 0 Å². The molecule has 0 aliphatic carbocycles. The molecular weight excluding hydrogens is 309 g/mol. The van der Waals surface area contributed by atoms with E-state index in [9.17, 15) is 9.18 Å². The second-order valence-electron chi connectivity index (χ2n) is 6.23. The maximum atomic E-state index is 14.0. The van der Waals surface area contributed by atoms with Crippen molar-refractivity contribution < 1.29 is 9.18 Å². The molecule has 6 nitrogen and oxygen atoms in total. The molecule has 1 fully saturated rings. The molecule has 24 heavy (non-hydrogen) atoms. The Morgan fingerprint density at radius 3 is 2.92 bits per heavy atom. The normalized spacial score (nSPS) is 20.5. The van der Waals surface area contributed by atoms with Gasteiger partial charge in [0.2, 0.25) is 5.91 Å². The lowest BCUT2D eigenvalue weighted by Gasteiger charge is -2.18. The first-order valence-electron chi connectivity index (χ1n) is 8.11. The van der Waals surface area contributed by atoms with Crippen molar-refractivity contribution in [1.29, 1.82) is 0 Å². The van der Waals surface area contributed by atoms with Crippen molar-refractivity contribution in [2.75, 3.05) is 6.54 Å². The van der Waals surface area contributed by atoms with Gasteiger partial charge in [0.1, 0.15) is 5.82 Å². The van der Waals surface area contributed by atoms with Crippen LogP contribution in [0.2, 0.25) is 0 Å². The van der Waals surface area contributed by atoms with Gasteiger partial charge in [0.25, 0.3) is 0 Å². The van der Waals surface area contributed by atoms with Gasteiger partial charge in [-0.05, 0) is 26.0 Å². The van der Waals surface area contributed by atoms with E-state index in [1.165, 1.54) is 6.07 Å². The minimum atomic E-state index is -0.389. The average molecular weight is 331 g/mol. The van der Waals surface area contributed by atoms with Gasteiger partial charge in [-0.15, -0.1) is 0 Å². The van der Waals surface area contributed by atoms with Crippen LogP contribution in [0.3, 0.4) is 0 Å². The Hall–Kier alpha value is -2.25. The fraction of sp³-hybridized carbons (Fsp3) is 0.412. The number of nitrogens with one attached hydrogen (secondary N) is 3. The Morgan fingerprint density at radius 2 is 2.21 bits per heavy atom. The number of carbonyl (C=O) groups is 1. The van der Waals surface area contributed by atoms with E-state index >= 15 is 0 Å². The summed E-state index contributed by atoms with van der Waals surface area (Å²) < 4.78 is 15.8. The minimum absolute atomic E-state index is 0.125. The highest BCUT2D eigenvalue weighted by Crippen LogP contribution is 2.27. The molecule has 1 aliphatic rings. The van der Waals surface area contributed by atoms with Crippen molar-refractivity contribution in [2.24, 2.45) is 5.92 Å². The van der Waals surface area contributed by atoms with Crippen molar-refractivity contribution >= 4 is 5.91 Å². The lowest BCUT2D eigenvalue weighted by atomic mass is 9.94. The van der Waals surface area contributed by atoms with Crippen LogP contribution in [0, 0.1) is 11.7 Å². The second kappa shape index (κ2) is 7.11. The molecule has 7 heteroatoms. The molecule has 1 saturated heterocycles. The number of hydrazine groups is 1. The zero-order valence-corrected chi connectivity index (χ0v) is 13.8. The van der Waals surface area contributed by atoms with E-state index in [0.29, 0.717) is 18.7 Å². The molecule has 2 heterocycles. The summed E-state index contributed by atoms with van der Waals surface area (Å²) in [6, 6.07) is 8.29. The summed E-state index contributed by atoms with van der Waals surface area (Å²) in [4.78, 5) is 12.5. The van der Waals surface area contributed by atoms with Crippen molar-refractivity contribution in [2.45, 2.75) is 32.5 Å². The number of carbonyl (C=O) groups excluding carboxylic acids is 1. The van der Waals surface area contributed by atoms with E-state index in [1.54, 1.807) is 18.2 Å². The predicted molar refractivity (Wildman–Crippen MR) is 88.2 cm³/mol. The molecule has 0 spiro atoms. The minimum Gasteiger partial charge on any atom is -0.350 e. The SMILES string of the molecule is CC(C)n1ccc(CNC(=O)C2CNNC2c2ccccc2F)n1. The summed E-state index contributed by atoms with van der Waals surface area (Å²) in [5, 5.41) is 7.31. The zero-order chi connectivity index (χ0) is 17.1. The van der Waals surface area contributed by atoms with Crippen LogP contribution < -0.4 is 16.2 Å². The standard InChI is InChI=1S/C17H22FN5O/c1-11(2)23-8-7-12(22-23)9-19-17(24)14-10-20-21-16(14)13-5-3-4-6-15(13)18/h3-8,11,14,16,20-21H,9-10H2,1-2H3,(H,19,24). The van der Waals surface area contributed by atoms with Crippen molar-refractivity contribution in [3.8, 4) is 0 Å². The molecule has 0 saturated carbocycles. The van der Waals surface area contributed by atoms with Crippen LogP contribution >= 0.6 is 0 Å². The molecule has 0 bridgehead atoms. The zero-order valence-electron chi connectivity index (χ0n) is 13.8. The molecule has 1 aliphatic heterocycles. The summed E-state index contributed by atoms with van der Waals surface area (Å²) in [6.45, 7) is 4.90. The number of hydrogen-bond acceptors (Lipinski definition) is 4. The lowest BCUT2D eigenvalue weighted by Crippen LogP contribution is -2.35. The van der Waals surface area contributed by atoms with Gasteiger partial charge in [-0.25, -0.2) is 9.82 Å². The van der Waals surface area contributed by atoms with Gasteiger partial charge < -0.3 is 5.32 Å². The number of amides is 1. The summed E-state index contributed by atoms with van der Waals surface area (Å²) in [5.74, 6) is -0.818. The van der Waals surface area contributed by atoms with Crippen LogP contribution in [-0.4, -0.2) is 22.2 Å². The number of aromatic nitrogens is 2. The molecule has 1 aromatic heterocycles. The Balaban J connectivity index is 1.64. The van der Waals surface area contributed by atoms with E-state index < -0.39 is 0 Å². The van der Waals surface area contributed by atoms with Crippen LogP contribution in [0.1, 0.15) is 37.2 Å². The first kappa shape index (κ1) is 16.6. The van der Waals surface area contributed by atoms with Crippen molar-refractivity contribution in [3.05, 3.63) is 53.6 Å². The maximum Gasteiger partial charge on any atom is 0.226 e. The Kier molecular flexibility index (Phi) is 4.92. The highest BCUT2D eigenvalue weighted by molar-refractivity contribution is 5.80. The number of halogens is 1. The molecule has 1 aromatic carbocycles. The van der Waals surface area contributed by atoms with Gasteiger partial charge in [0.05, 0.1) is 24.2 Å². The number of nitrogens with zero attached hydrogens (tertiary/aromatic N) is 2. The number of benzene rings is 1. The molecule has 0 radical (unpaired) electrons. The Morgan fingerprint density at radius 1 is 1.42 bits per heavy atom. The van der Waals surface area contributed by atoms with Crippen LogP contribution in [0.4, 0.5) is 4.39 Å². The summed E-state index contributed by atoms with van der Waals surface area (Å²) >= 11 is 0. The van der Waals surface area contributed by atoms with Gasteiger partial charge in [0.15, 0.2) is 0 Å². The molecule has 1 amide bonds. The van der Waals surface area contributed by atoms with Gasteiger partial charge in [-0.3, -0.25) is 14.9 Å². The van der Waals surface area contributed by atoms with Crippen LogP contribution in [0.5, 0.6) is 0 Å². The first-order chi connectivity index (χ1) is 11.6. The first-order valence-corrected chi connectivity index (χ1v) is 8.11. The predicted octanol–water partition coefficient (Wildman–Crippen LogP) is 1.68. The van der Waals surface area contributed by atoms with Gasteiger partial charge in [0, 0.05) is 24.3 Å². The molecule has 128 valence electrons. The van der Waals surface area contributed by atoms with E-state index in [1.807, 2.05) is 30.8 Å². The lowest BCUT2D eigenvalue weighted by molar-refractivity contribution is -0.125. The third-order valence-corrected chi connectivity index (χ3v) is 4.20. The number of hydrogen-bond donors (Lipinski definition) is 3. The van der Waals surface area contributed by atoms with E-state index in [4.69, 9.17) is 0 Å². The highest BCUT2D eigenvalue weighted by Gasteiger charge is 2.35. The van der Waals surface area contributed by atoms with Gasteiger partial charge in [-0.1, -0.05) is 18.2 Å². The monoisotopic (exact) mass is 331 g/mol. The quantitative estimate of drug-likeness (QED) is 0.780. The fourth-order valence-electron chi connectivity index (χ4n) is 2.83. The molecule has 3 rings (SSSR count). The van der Waals surface area contributed by atoms with E-state index in [0.717, 1.165) is 5.69 Å². The smallest absolute Gasteiger partial charge is 0.226 e. The van der Waals surface area contributed by atoms with Crippen molar-refractivity contribution in [3.63, 3.8) is 0 Å². The average Bonchev–Trinajstić information content (AvgIpc) is 3.22. The van der Waals surface area contributed by atoms with E-state index in [-0.39, 0.29) is 29.7 Å². The topological polar surface area (TPSA) is 71.0 Å². The highest BCUT2D eigenvalue weighted by atomic mass is 19.1.